The van der Waals surface area contributed by atoms with Crippen LogP contribution in [0.4, 0.5) is 0 Å². The predicted molar refractivity (Wildman–Crippen MR) is 77.8 cm³/mol. The molecule has 0 aliphatic heterocycles. The van der Waals surface area contributed by atoms with E-state index in [-0.39, 0.29) is 16.9 Å². The summed E-state index contributed by atoms with van der Waals surface area (Å²) in [5.41, 5.74) is -0.218. The van der Waals surface area contributed by atoms with Gasteiger partial charge in [-0.15, -0.1) is 0 Å². The maximum atomic E-state index is 10.6. The molecule has 23 heavy (non-hydrogen) atoms. The number of benzene rings is 2. The molecule has 0 heterocycles. The molecule has 0 fully saturated rings. The van der Waals surface area contributed by atoms with Crippen molar-refractivity contribution >= 4 is 11.9 Å². The Morgan fingerprint density at radius 2 is 1.43 bits per heavy atom. The number of carboxylic acid groups (broad SMARTS) is 2. The Morgan fingerprint density at radius 3 is 1.96 bits per heavy atom. The minimum Gasteiger partial charge on any atom is -0.504 e. The van der Waals surface area contributed by atoms with Gasteiger partial charge in [-0.1, -0.05) is 18.2 Å². The maximum Gasteiger partial charge on any atom is 0.339 e. The quantitative estimate of drug-likeness (QED) is 0.382. The molecule has 0 bridgehead atoms. The van der Waals surface area contributed by atoms with Gasteiger partial charge < -0.3 is 25.3 Å². The second-order valence-corrected chi connectivity index (χ2v) is 4.03. The monoisotopic (exact) mass is 322 g/mol. The van der Waals surface area contributed by atoms with Gasteiger partial charge in [-0.2, -0.15) is 4.89 Å². The van der Waals surface area contributed by atoms with Crippen LogP contribution in [0.5, 0.6) is 17.2 Å². The minimum absolute atomic E-state index is 0.0827. The first kappa shape index (κ1) is 17.8. The van der Waals surface area contributed by atoms with Crippen LogP contribution in [0.15, 0.2) is 42.5 Å². The van der Waals surface area contributed by atoms with E-state index in [9.17, 15) is 9.59 Å². The molecule has 8 nitrogen and oxygen atoms in total. The summed E-state index contributed by atoms with van der Waals surface area (Å²) >= 11 is 0. The Kier molecular flexibility index (Phi) is 6.38. The summed E-state index contributed by atoms with van der Waals surface area (Å²) in [6.07, 6.45) is 0. The SMILES string of the molecule is COOc1ccccc1C(=O)O.O=C(O)c1cccc(O)c1O. The van der Waals surface area contributed by atoms with Crippen molar-refractivity contribution in [3.63, 3.8) is 0 Å². The van der Waals surface area contributed by atoms with E-state index in [1.807, 2.05) is 0 Å². The zero-order chi connectivity index (χ0) is 17.4. The Bertz CT molecular complexity index is 696. The number of carboxylic acids is 2. The molecule has 2 rings (SSSR count). The highest BCUT2D eigenvalue weighted by molar-refractivity contribution is 5.91. The summed E-state index contributed by atoms with van der Waals surface area (Å²) in [6, 6.07) is 10.0. The molecule has 122 valence electrons. The van der Waals surface area contributed by atoms with Gasteiger partial charge in [0.1, 0.15) is 11.1 Å². The van der Waals surface area contributed by atoms with E-state index < -0.39 is 23.4 Å². The molecule has 0 radical (unpaired) electrons. The van der Waals surface area contributed by atoms with Crippen LogP contribution in [-0.2, 0) is 4.89 Å². The Labute approximate surface area is 130 Å². The Balaban J connectivity index is 0.000000231. The predicted octanol–water partition coefficient (Wildman–Crippen LogP) is 2.12. The van der Waals surface area contributed by atoms with E-state index in [2.05, 4.69) is 9.78 Å². The number of aromatic carboxylic acids is 2. The van der Waals surface area contributed by atoms with Crippen molar-refractivity contribution in [1.82, 2.24) is 0 Å². The third-order valence-corrected chi connectivity index (χ3v) is 2.54. The van der Waals surface area contributed by atoms with E-state index in [1.165, 1.54) is 37.4 Å². The number of rotatable bonds is 4. The zero-order valence-corrected chi connectivity index (χ0v) is 12.0. The van der Waals surface area contributed by atoms with Crippen LogP contribution in [0.25, 0.3) is 0 Å². The van der Waals surface area contributed by atoms with Crippen LogP contribution >= 0.6 is 0 Å². The van der Waals surface area contributed by atoms with Crippen LogP contribution in [0.1, 0.15) is 20.7 Å². The fourth-order valence-corrected chi connectivity index (χ4v) is 1.51. The molecule has 0 spiro atoms. The van der Waals surface area contributed by atoms with E-state index in [4.69, 9.17) is 20.4 Å². The van der Waals surface area contributed by atoms with Gasteiger partial charge in [0.05, 0.1) is 7.11 Å². The first-order valence-electron chi connectivity index (χ1n) is 6.15. The molecule has 0 aromatic heterocycles. The van der Waals surface area contributed by atoms with E-state index >= 15 is 0 Å². The van der Waals surface area contributed by atoms with Crippen molar-refractivity contribution in [2.24, 2.45) is 0 Å². The van der Waals surface area contributed by atoms with Crippen molar-refractivity contribution < 1.29 is 39.8 Å². The Morgan fingerprint density at radius 1 is 0.870 bits per heavy atom. The molecule has 0 saturated heterocycles. The number of phenols is 2. The van der Waals surface area contributed by atoms with E-state index in [0.29, 0.717) is 0 Å². The molecular formula is C15H14O8. The van der Waals surface area contributed by atoms with Gasteiger partial charge in [0, 0.05) is 0 Å². The number of phenolic OH excluding ortho intramolecular Hbond substituents is 1. The molecule has 0 saturated carbocycles. The van der Waals surface area contributed by atoms with Gasteiger partial charge in [0.25, 0.3) is 0 Å². The molecule has 8 heteroatoms. The average Bonchev–Trinajstić information content (AvgIpc) is 2.51. The van der Waals surface area contributed by atoms with Gasteiger partial charge >= 0.3 is 11.9 Å². The van der Waals surface area contributed by atoms with E-state index in [0.717, 1.165) is 0 Å². The molecule has 0 aliphatic carbocycles. The van der Waals surface area contributed by atoms with Crippen LogP contribution in [0, 0.1) is 0 Å². The molecule has 4 N–H and O–H groups in total. The lowest BCUT2D eigenvalue weighted by Crippen LogP contribution is -2.01. The third-order valence-electron chi connectivity index (χ3n) is 2.54. The molecule has 0 unspecified atom stereocenters. The second kappa shape index (κ2) is 8.25. The number of carbonyl (C=O) groups is 2. The lowest BCUT2D eigenvalue weighted by atomic mass is 10.2. The average molecular weight is 322 g/mol. The fourth-order valence-electron chi connectivity index (χ4n) is 1.51. The first-order valence-corrected chi connectivity index (χ1v) is 6.15. The van der Waals surface area contributed by atoms with Gasteiger partial charge in [-0.25, -0.2) is 9.59 Å². The lowest BCUT2D eigenvalue weighted by Gasteiger charge is -2.03. The fraction of sp³-hybridized carbons (Fsp3) is 0.0667. The number of para-hydroxylation sites is 2. The molecule has 0 amide bonds. The smallest absolute Gasteiger partial charge is 0.339 e. The summed E-state index contributed by atoms with van der Waals surface area (Å²) in [5, 5.41) is 34.8. The van der Waals surface area contributed by atoms with Crippen LogP contribution < -0.4 is 4.89 Å². The number of hydrogen-bond donors (Lipinski definition) is 4. The normalized spacial score (nSPS) is 9.43. The highest BCUT2D eigenvalue weighted by Gasteiger charge is 2.11. The minimum atomic E-state index is -1.27. The van der Waals surface area contributed by atoms with Gasteiger partial charge in [0.15, 0.2) is 17.2 Å². The van der Waals surface area contributed by atoms with Crippen molar-refractivity contribution in [3.8, 4) is 17.2 Å². The lowest BCUT2D eigenvalue weighted by molar-refractivity contribution is -0.178. The topological polar surface area (TPSA) is 134 Å². The summed E-state index contributed by atoms with van der Waals surface area (Å²) < 4.78 is 0. The first-order chi connectivity index (χ1) is 10.9. The van der Waals surface area contributed by atoms with Crippen molar-refractivity contribution in [2.45, 2.75) is 0 Å². The van der Waals surface area contributed by atoms with Gasteiger partial charge in [-0.05, 0) is 24.3 Å². The number of aromatic hydroxyl groups is 2. The largest absolute Gasteiger partial charge is 0.504 e. The van der Waals surface area contributed by atoms with E-state index in [1.54, 1.807) is 12.1 Å². The molecular weight excluding hydrogens is 308 g/mol. The van der Waals surface area contributed by atoms with Crippen LogP contribution in [0.3, 0.4) is 0 Å². The summed E-state index contributed by atoms with van der Waals surface area (Å²) in [4.78, 5) is 29.8. The maximum absolute atomic E-state index is 10.6. The number of hydrogen-bond acceptors (Lipinski definition) is 6. The summed E-state index contributed by atoms with van der Waals surface area (Å²) in [6.45, 7) is 0. The highest BCUT2D eigenvalue weighted by atomic mass is 17.2. The van der Waals surface area contributed by atoms with Gasteiger partial charge in [-0.3, -0.25) is 0 Å². The van der Waals surface area contributed by atoms with Crippen molar-refractivity contribution in [2.75, 3.05) is 7.11 Å². The van der Waals surface area contributed by atoms with Crippen molar-refractivity contribution in [1.29, 1.82) is 0 Å². The van der Waals surface area contributed by atoms with Crippen LogP contribution in [-0.4, -0.2) is 39.5 Å². The van der Waals surface area contributed by atoms with Crippen LogP contribution in [0.2, 0.25) is 0 Å². The Hall–Kier alpha value is -3.26. The zero-order valence-electron chi connectivity index (χ0n) is 12.0. The summed E-state index contributed by atoms with van der Waals surface area (Å²) in [7, 11) is 1.32. The highest BCUT2D eigenvalue weighted by Crippen LogP contribution is 2.27. The molecule has 0 aliphatic rings. The molecule has 2 aromatic rings. The molecule has 2 aromatic carbocycles. The van der Waals surface area contributed by atoms with Gasteiger partial charge in [0.2, 0.25) is 0 Å². The standard InChI is InChI=1S/C8H8O4.C7H6O4/c1-11-12-7-5-3-2-4-6(7)8(9)10;8-5-3-1-2-4(6(5)9)7(10)11/h2-5H,1H3,(H,9,10);1-3,8-9H,(H,10,11). The summed E-state index contributed by atoms with van der Waals surface area (Å²) in [5.74, 6) is -3.13. The second-order valence-electron chi connectivity index (χ2n) is 4.03. The van der Waals surface area contributed by atoms with Crippen molar-refractivity contribution in [3.05, 3.63) is 53.6 Å². The third kappa shape index (κ3) is 4.90. The molecule has 0 atom stereocenters.